The first-order valence-electron chi connectivity index (χ1n) is 4.81. The predicted molar refractivity (Wildman–Crippen MR) is 59.0 cm³/mol. The molecule has 1 aliphatic rings. The third-order valence-electron chi connectivity index (χ3n) is 2.38. The standard InChI is InChI=1S/C11H11ClN2O/c12-9-2-1-3-10(6-9)14-4-5-15-11(7-13)8-14/h1-3,6,11H,4-5,8H2. The summed E-state index contributed by atoms with van der Waals surface area (Å²) in [5.41, 5.74) is 1.05. The highest BCUT2D eigenvalue weighted by atomic mass is 35.5. The van der Waals surface area contributed by atoms with Crippen LogP contribution in [0.25, 0.3) is 0 Å². The van der Waals surface area contributed by atoms with Gasteiger partial charge in [-0.3, -0.25) is 0 Å². The Hall–Kier alpha value is -1.24. The summed E-state index contributed by atoms with van der Waals surface area (Å²) in [5.74, 6) is 0. The van der Waals surface area contributed by atoms with Gasteiger partial charge in [0.2, 0.25) is 0 Å². The Kier molecular flexibility index (Phi) is 3.10. The lowest BCUT2D eigenvalue weighted by Gasteiger charge is -2.31. The number of nitrogens with zero attached hydrogens (tertiary/aromatic N) is 2. The maximum atomic E-state index is 8.78. The van der Waals surface area contributed by atoms with Gasteiger partial charge in [0.15, 0.2) is 6.10 Å². The molecule has 3 nitrogen and oxygen atoms in total. The molecule has 1 heterocycles. The lowest BCUT2D eigenvalue weighted by Crippen LogP contribution is -2.41. The van der Waals surface area contributed by atoms with E-state index in [2.05, 4.69) is 11.0 Å². The first-order chi connectivity index (χ1) is 7.29. The molecule has 0 N–H and O–H groups in total. The average Bonchev–Trinajstić information content (AvgIpc) is 2.29. The summed E-state index contributed by atoms with van der Waals surface area (Å²) in [5, 5.41) is 9.50. The van der Waals surface area contributed by atoms with Crippen molar-refractivity contribution < 1.29 is 4.74 Å². The lowest BCUT2D eigenvalue weighted by atomic mass is 10.2. The third kappa shape index (κ3) is 2.41. The molecule has 1 aliphatic heterocycles. The van der Waals surface area contributed by atoms with Crippen molar-refractivity contribution in [3.63, 3.8) is 0 Å². The van der Waals surface area contributed by atoms with Crippen LogP contribution in [-0.2, 0) is 4.74 Å². The fraction of sp³-hybridized carbons (Fsp3) is 0.364. The second-order valence-electron chi connectivity index (χ2n) is 3.41. The fourth-order valence-corrected chi connectivity index (χ4v) is 1.82. The molecule has 1 fully saturated rings. The van der Waals surface area contributed by atoms with Crippen molar-refractivity contribution in [1.29, 1.82) is 5.26 Å². The van der Waals surface area contributed by atoms with E-state index in [4.69, 9.17) is 21.6 Å². The second kappa shape index (κ2) is 4.52. The van der Waals surface area contributed by atoms with Crippen LogP contribution in [0.2, 0.25) is 5.02 Å². The van der Waals surface area contributed by atoms with Gasteiger partial charge in [0.1, 0.15) is 0 Å². The Bertz CT molecular complexity index is 388. The number of morpholine rings is 1. The average molecular weight is 223 g/mol. The highest BCUT2D eigenvalue weighted by Crippen LogP contribution is 2.21. The van der Waals surface area contributed by atoms with Gasteiger partial charge in [0.25, 0.3) is 0 Å². The van der Waals surface area contributed by atoms with Crippen molar-refractivity contribution in [3.8, 4) is 6.07 Å². The van der Waals surface area contributed by atoms with Gasteiger partial charge in [-0.25, -0.2) is 0 Å². The number of nitriles is 1. The molecule has 1 atom stereocenters. The zero-order valence-electron chi connectivity index (χ0n) is 8.19. The van der Waals surface area contributed by atoms with Crippen LogP contribution in [0, 0.1) is 11.3 Å². The SMILES string of the molecule is N#CC1CN(c2cccc(Cl)c2)CCO1. The van der Waals surface area contributed by atoms with Gasteiger partial charge >= 0.3 is 0 Å². The highest BCUT2D eigenvalue weighted by Gasteiger charge is 2.19. The summed E-state index contributed by atoms with van der Waals surface area (Å²) in [4.78, 5) is 2.11. The number of halogens is 1. The molecule has 1 saturated heterocycles. The van der Waals surface area contributed by atoms with Crippen molar-refractivity contribution in [2.24, 2.45) is 0 Å². The molecule has 1 aromatic rings. The Morgan fingerprint density at radius 3 is 3.13 bits per heavy atom. The van der Waals surface area contributed by atoms with E-state index in [0.717, 1.165) is 12.2 Å². The summed E-state index contributed by atoms with van der Waals surface area (Å²) in [7, 11) is 0. The summed E-state index contributed by atoms with van der Waals surface area (Å²) in [6, 6.07) is 9.77. The number of hydrogen-bond donors (Lipinski definition) is 0. The van der Waals surface area contributed by atoms with Crippen molar-refractivity contribution >= 4 is 17.3 Å². The van der Waals surface area contributed by atoms with Gasteiger partial charge in [-0.2, -0.15) is 5.26 Å². The van der Waals surface area contributed by atoms with Crippen LogP contribution in [0.15, 0.2) is 24.3 Å². The minimum absolute atomic E-state index is 0.335. The van der Waals surface area contributed by atoms with Crippen LogP contribution >= 0.6 is 11.6 Å². The van der Waals surface area contributed by atoms with E-state index in [1.54, 1.807) is 0 Å². The second-order valence-corrected chi connectivity index (χ2v) is 3.85. The van der Waals surface area contributed by atoms with E-state index in [1.807, 2.05) is 24.3 Å². The zero-order chi connectivity index (χ0) is 10.7. The number of ether oxygens (including phenoxy) is 1. The molecule has 0 bridgehead atoms. The summed E-state index contributed by atoms with van der Waals surface area (Å²) in [6.45, 7) is 2.00. The molecule has 0 radical (unpaired) electrons. The summed E-state index contributed by atoms with van der Waals surface area (Å²) in [6.07, 6.45) is -0.335. The lowest BCUT2D eigenvalue weighted by molar-refractivity contribution is 0.0764. The molecule has 0 spiro atoms. The van der Waals surface area contributed by atoms with Gasteiger partial charge < -0.3 is 9.64 Å². The molecule has 0 amide bonds. The molecule has 1 aromatic carbocycles. The summed E-state index contributed by atoms with van der Waals surface area (Å²) < 4.78 is 5.27. The van der Waals surface area contributed by atoms with E-state index in [9.17, 15) is 0 Å². The van der Waals surface area contributed by atoms with Crippen LogP contribution in [0.1, 0.15) is 0 Å². The van der Waals surface area contributed by atoms with E-state index in [-0.39, 0.29) is 6.10 Å². The van der Waals surface area contributed by atoms with Gasteiger partial charge in [-0.1, -0.05) is 17.7 Å². The molecule has 0 aromatic heterocycles. The Balaban J connectivity index is 2.14. The van der Waals surface area contributed by atoms with Crippen LogP contribution in [0.3, 0.4) is 0 Å². The normalized spacial score (nSPS) is 21.1. The largest absolute Gasteiger partial charge is 0.365 e. The van der Waals surface area contributed by atoms with E-state index >= 15 is 0 Å². The van der Waals surface area contributed by atoms with Crippen LogP contribution in [0.4, 0.5) is 5.69 Å². The van der Waals surface area contributed by atoms with Crippen LogP contribution in [0.5, 0.6) is 0 Å². The highest BCUT2D eigenvalue weighted by molar-refractivity contribution is 6.30. The molecule has 0 saturated carbocycles. The molecule has 0 aliphatic carbocycles. The van der Waals surface area contributed by atoms with Gasteiger partial charge in [0.05, 0.1) is 19.2 Å². The number of anilines is 1. The molecular formula is C11H11ClN2O. The van der Waals surface area contributed by atoms with Crippen LogP contribution < -0.4 is 4.90 Å². The maximum absolute atomic E-state index is 8.78. The number of rotatable bonds is 1. The number of hydrogen-bond acceptors (Lipinski definition) is 3. The van der Waals surface area contributed by atoms with Crippen LogP contribution in [-0.4, -0.2) is 25.8 Å². The van der Waals surface area contributed by atoms with Gasteiger partial charge in [-0.15, -0.1) is 0 Å². The van der Waals surface area contributed by atoms with E-state index in [1.165, 1.54) is 0 Å². The molecule has 15 heavy (non-hydrogen) atoms. The molecule has 1 unspecified atom stereocenters. The molecule has 4 heteroatoms. The Morgan fingerprint density at radius 1 is 1.53 bits per heavy atom. The van der Waals surface area contributed by atoms with Crippen molar-refractivity contribution in [1.82, 2.24) is 0 Å². The van der Waals surface area contributed by atoms with Crippen molar-refractivity contribution in [2.75, 3.05) is 24.6 Å². The number of benzene rings is 1. The first-order valence-corrected chi connectivity index (χ1v) is 5.19. The van der Waals surface area contributed by atoms with E-state index in [0.29, 0.717) is 18.2 Å². The molecule has 78 valence electrons. The predicted octanol–water partition coefficient (Wildman–Crippen LogP) is 2.07. The van der Waals surface area contributed by atoms with Gasteiger partial charge in [-0.05, 0) is 18.2 Å². The van der Waals surface area contributed by atoms with Crippen molar-refractivity contribution in [2.45, 2.75) is 6.10 Å². The molecular weight excluding hydrogens is 212 g/mol. The smallest absolute Gasteiger partial charge is 0.161 e. The fourth-order valence-electron chi connectivity index (χ4n) is 1.63. The third-order valence-corrected chi connectivity index (χ3v) is 2.62. The summed E-state index contributed by atoms with van der Waals surface area (Å²) >= 11 is 5.91. The van der Waals surface area contributed by atoms with Gasteiger partial charge in [0, 0.05) is 17.3 Å². The zero-order valence-corrected chi connectivity index (χ0v) is 8.94. The maximum Gasteiger partial charge on any atom is 0.161 e. The first kappa shape index (κ1) is 10.3. The van der Waals surface area contributed by atoms with Crippen molar-refractivity contribution in [3.05, 3.63) is 29.3 Å². The quantitative estimate of drug-likeness (QED) is 0.730. The minimum atomic E-state index is -0.335. The monoisotopic (exact) mass is 222 g/mol. The Morgan fingerprint density at radius 2 is 2.40 bits per heavy atom. The minimum Gasteiger partial charge on any atom is -0.365 e. The topological polar surface area (TPSA) is 36.3 Å². The van der Waals surface area contributed by atoms with E-state index < -0.39 is 0 Å². The Labute approximate surface area is 93.8 Å². The molecule has 2 rings (SSSR count).